The van der Waals surface area contributed by atoms with Crippen LogP contribution in [-0.4, -0.2) is 74.3 Å². The van der Waals surface area contributed by atoms with E-state index in [4.69, 9.17) is 32.6 Å². The summed E-state index contributed by atoms with van der Waals surface area (Å²) >= 11 is 0. The molecule has 2 aromatic carbocycles. The Kier molecular flexibility index (Phi) is 11.8. The maximum absolute atomic E-state index is 13.3. The van der Waals surface area contributed by atoms with E-state index in [2.05, 4.69) is 26.5 Å². The highest BCUT2D eigenvalue weighted by atomic mass is 16.5. The lowest BCUT2D eigenvalue weighted by Crippen LogP contribution is -2.55. The molecule has 1 aliphatic heterocycles. The normalized spacial score (nSPS) is 18.9. The number of nitrogens with zero attached hydrogens (tertiary/aromatic N) is 1. The molecule has 1 heterocycles. The average Bonchev–Trinajstić information content (AvgIpc) is 3.01. The quantitative estimate of drug-likeness (QED) is 0.0650. The molecule has 1 aliphatic rings. The third kappa shape index (κ3) is 8.41. The topological polar surface area (TPSA) is 251 Å². The number of nitrogens with one attached hydrogen (secondary N) is 4. The van der Waals surface area contributed by atoms with Crippen molar-refractivity contribution in [1.29, 1.82) is 0 Å². The molecule has 232 valence electrons. The minimum atomic E-state index is -1.13. The minimum absolute atomic E-state index is 0.0264. The van der Waals surface area contributed by atoms with Crippen LogP contribution >= 0.6 is 0 Å². The van der Waals surface area contributed by atoms with Gasteiger partial charge in [-0.1, -0.05) is 12.1 Å². The highest BCUT2D eigenvalue weighted by molar-refractivity contribution is 6.39. The minimum Gasteiger partial charge on any atom is -0.492 e. The second-order valence-electron chi connectivity index (χ2n) is 9.84. The summed E-state index contributed by atoms with van der Waals surface area (Å²) in [6, 6.07) is 8.58. The van der Waals surface area contributed by atoms with E-state index in [0.717, 1.165) is 0 Å². The highest BCUT2D eigenvalue weighted by Gasteiger charge is 2.28. The number of amidine groups is 1. The lowest BCUT2D eigenvalue weighted by molar-refractivity contribution is -0.132. The number of hydrogen-bond acceptors (Lipinski definition) is 11. The van der Waals surface area contributed by atoms with Gasteiger partial charge in [-0.2, -0.15) is 5.10 Å². The molecule has 0 aliphatic carbocycles. The van der Waals surface area contributed by atoms with Crippen molar-refractivity contribution in [2.24, 2.45) is 28.3 Å². The third-order valence-electron chi connectivity index (χ3n) is 6.76. The van der Waals surface area contributed by atoms with Crippen LogP contribution in [0.2, 0.25) is 0 Å². The molecule has 15 heteroatoms. The van der Waals surface area contributed by atoms with Crippen LogP contribution in [0.1, 0.15) is 30.9 Å². The number of carbonyl (C=O) groups excluding carboxylic acids is 4. The lowest BCUT2D eigenvalue weighted by Gasteiger charge is -2.24. The first-order valence-electron chi connectivity index (χ1n) is 13.7. The van der Waals surface area contributed by atoms with E-state index in [0.29, 0.717) is 33.8 Å². The van der Waals surface area contributed by atoms with Gasteiger partial charge in [-0.3, -0.25) is 19.2 Å². The number of benzene rings is 2. The van der Waals surface area contributed by atoms with Crippen LogP contribution in [-0.2, 0) is 25.6 Å². The summed E-state index contributed by atoms with van der Waals surface area (Å²) in [5, 5.41) is 11.1. The molecule has 3 rings (SSSR count). The molecule has 0 spiro atoms. The fraction of sp³-hybridized carbons (Fsp3) is 0.393. The largest absolute Gasteiger partial charge is 0.492 e. The molecule has 0 fully saturated rings. The zero-order valence-electron chi connectivity index (χ0n) is 24.1. The zero-order valence-corrected chi connectivity index (χ0v) is 24.1. The average molecular weight is 598 g/mol. The lowest BCUT2D eigenvalue weighted by atomic mass is 9.92. The summed E-state index contributed by atoms with van der Waals surface area (Å²) in [7, 11) is 0. The summed E-state index contributed by atoms with van der Waals surface area (Å²) in [5.74, 6) is 8.08. The number of nitrogens with two attached hydrogens (primary N) is 4. The Balaban J connectivity index is 2.12. The third-order valence-corrected chi connectivity index (χ3v) is 6.76. The van der Waals surface area contributed by atoms with Crippen LogP contribution in [0.4, 0.5) is 0 Å². The Morgan fingerprint density at radius 3 is 2.19 bits per heavy atom. The molecule has 43 heavy (non-hydrogen) atoms. The summed E-state index contributed by atoms with van der Waals surface area (Å²) < 4.78 is 11.9. The number of hydrazone groups is 1. The van der Waals surface area contributed by atoms with E-state index in [1.807, 2.05) is 12.1 Å². The van der Waals surface area contributed by atoms with Crippen molar-refractivity contribution in [2.45, 2.75) is 38.3 Å². The molecule has 4 bridgehead atoms. The number of ether oxygens (including phenoxy) is 2. The van der Waals surface area contributed by atoms with Gasteiger partial charge in [-0.15, -0.1) is 0 Å². The van der Waals surface area contributed by atoms with E-state index in [-0.39, 0.29) is 38.6 Å². The van der Waals surface area contributed by atoms with Gasteiger partial charge in [0.2, 0.25) is 29.3 Å². The molecule has 15 nitrogen and oxygen atoms in total. The number of hydrazine groups is 1. The van der Waals surface area contributed by atoms with Gasteiger partial charge in [0.1, 0.15) is 36.8 Å². The van der Waals surface area contributed by atoms with Crippen molar-refractivity contribution in [3.63, 3.8) is 0 Å². The van der Waals surface area contributed by atoms with E-state index >= 15 is 0 Å². The first kappa shape index (κ1) is 32.8. The first-order valence-corrected chi connectivity index (χ1v) is 13.7. The molecule has 3 atom stereocenters. The van der Waals surface area contributed by atoms with Gasteiger partial charge >= 0.3 is 0 Å². The number of rotatable bonds is 10. The Morgan fingerprint density at radius 1 is 0.953 bits per heavy atom. The molecule has 2 unspecified atom stereocenters. The highest BCUT2D eigenvalue weighted by Crippen LogP contribution is 2.39. The van der Waals surface area contributed by atoms with Crippen LogP contribution in [0.25, 0.3) is 11.1 Å². The summed E-state index contributed by atoms with van der Waals surface area (Å²) in [6.07, 6.45) is 0.0264. The van der Waals surface area contributed by atoms with E-state index in [1.54, 1.807) is 31.2 Å². The van der Waals surface area contributed by atoms with Crippen LogP contribution in [0.3, 0.4) is 0 Å². The van der Waals surface area contributed by atoms with Crippen molar-refractivity contribution in [2.75, 3.05) is 32.8 Å². The van der Waals surface area contributed by atoms with Gasteiger partial charge < -0.3 is 48.2 Å². The van der Waals surface area contributed by atoms with E-state index in [1.165, 1.54) is 6.92 Å². The van der Waals surface area contributed by atoms with Crippen molar-refractivity contribution in [3.8, 4) is 22.6 Å². The predicted molar refractivity (Wildman–Crippen MR) is 160 cm³/mol. The Bertz CT molecular complexity index is 1370. The molecular weight excluding hydrogens is 558 g/mol. The maximum atomic E-state index is 13.3. The van der Waals surface area contributed by atoms with Gasteiger partial charge in [-0.05, 0) is 49.2 Å². The van der Waals surface area contributed by atoms with Gasteiger partial charge in [0.25, 0.3) is 0 Å². The summed E-state index contributed by atoms with van der Waals surface area (Å²) in [6.45, 7) is 3.79. The zero-order chi connectivity index (χ0) is 31.5. The number of ketones is 1. The van der Waals surface area contributed by atoms with Crippen LogP contribution < -0.4 is 54.0 Å². The van der Waals surface area contributed by atoms with Gasteiger partial charge in [0, 0.05) is 30.6 Å². The van der Waals surface area contributed by atoms with Gasteiger partial charge in [0.15, 0.2) is 0 Å². The number of hydrogen-bond donors (Lipinski definition) is 8. The molecule has 0 saturated heterocycles. The van der Waals surface area contributed by atoms with Crippen molar-refractivity contribution in [1.82, 2.24) is 21.4 Å². The Labute approximate surface area is 249 Å². The van der Waals surface area contributed by atoms with Crippen LogP contribution in [0.15, 0.2) is 41.5 Å². The van der Waals surface area contributed by atoms with Gasteiger partial charge in [0.05, 0.1) is 12.5 Å². The van der Waals surface area contributed by atoms with Crippen molar-refractivity contribution >= 4 is 29.3 Å². The first-order chi connectivity index (χ1) is 20.6. The second-order valence-corrected chi connectivity index (χ2v) is 9.84. The molecule has 3 amide bonds. The molecule has 2 aromatic rings. The van der Waals surface area contributed by atoms with E-state index in [9.17, 15) is 19.2 Å². The standard InChI is InChI=1S/C28H39N9O6/c1-15-18-4-6-24(43-10-8-30)20(13-18)19-11-17(3-5-23(19)42-9-7-29)12-21(35-27(40)16(2)34-26(15)39)28(41)33-14-22(38)25(36-31)37-32/h3-6,11,13,15-16,21H,7-10,12,14,29-32H2,1-2H3,(H,33,41)(H,34,39)(H,35,40)(H,36,37)/t15?,16-,21?/m0/s1. The van der Waals surface area contributed by atoms with Crippen molar-refractivity contribution < 1.29 is 28.7 Å². The number of fused-ring (bicyclic) bond motifs is 5. The Morgan fingerprint density at radius 2 is 1.58 bits per heavy atom. The monoisotopic (exact) mass is 597 g/mol. The predicted octanol–water partition coefficient (Wildman–Crippen LogP) is -1.90. The SMILES string of the molecule is CC1C(=O)N[C@@H](C)C(=O)NC(C(=O)NCC(=O)/C(=N/N)NN)Cc2ccc(OCCN)c(c2)-c2cc1ccc2OCCN. The molecular formula is C28H39N9O6. The van der Waals surface area contributed by atoms with Crippen LogP contribution in [0, 0.1) is 0 Å². The number of amides is 3. The maximum Gasteiger partial charge on any atom is 0.243 e. The summed E-state index contributed by atoms with van der Waals surface area (Å²) in [5.41, 5.74) is 16.0. The fourth-order valence-corrected chi connectivity index (χ4v) is 4.39. The number of carbonyl (C=O) groups is 4. The van der Waals surface area contributed by atoms with Crippen molar-refractivity contribution in [3.05, 3.63) is 47.5 Å². The molecule has 0 aromatic heterocycles. The number of Topliss-reactive ketones (excluding diaryl/α,β-unsaturated/α-hetero) is 1. The molecule has 0 radical (unpaired) electrons. The second kappa shape index (κ2) is 15.5. The fourth-order valence-electron chi connectivity index (χ4n) is 4.39. The Hall–Kier alpha value is -4.73. The molecule has 12 N–H and O–H groups in total. The smallest absolute Gasteiger partial charge is 0.243 e. The van der Waals surface area contributed by atoms with E-state index < -0.39 is 48.1 Å². The molecule has 0 saturated carbocycles. The summed E-state index contributed by atoms with van der Waals surface area (Å²) in [4.78, 5) is 51.8. The van der Waals surface area contributed by atoms with Gasteiger partial charge in [-0.25, -0.2) is 5.84 Å². The van der Waals surface area contributed by atoms with Crippen LogP contribution in [0.5, 0.6) is 11.5 Å².